The van der Waals surface area contributed by atoms with Crippen molar-refractivity contribution in [2.24, 2.45) is 0 Å². The largest absolute Gasteiger partial charge is 0.345 e. The molecule has 0 spiro atoms. The van der Waals surface area contributed by atoms with Crippen LogP contribution in [0.25, 0.3) is 21.0 Å². The number of hydrogen-bond donors (Lipinski definition) is 0. The average Bonchev–Trinajstić information content (AvgIpc) is 3.19. The molecule has 0 aliphatic carbocycles. The second-order valence-electron chi connectivity index (χ2n) is 6.89. The highest BCUT2D eigenvalue weighted by atomic mass is 35.5. The molecule has 2 heterocycles. The predicted molar refractivity (Wildman–Crippen MR) is 117 cm³/mol. The van der Waals surface area contributed by atoms with Crippen molar-refractivity contribution in [1.82, 2.24) is 9.88 Å². The van der Waals surface area contributed by atoms with E-state index in [4.69, 9.17) is 16.6 Å². The first-order valence-electron chi connectivity index (χ1n) is 9.28. The highest BCUT2D eigenvalue weighted by molar-refractivity contribution is 7.22. The summed E-state index contributed by atoms with van der Waals surface area (Å²) in [7, 11) is 0. The molecule has 1 amide bonds. The monoisotopic (exact) mass is 407 g/mol. The van der Waals surface area contributed by atoms with Gasteiger partial charge in [0.25, 0.3) is 5.91 Å². The molecule has 3 aromatic carbocycles. The summed E-state index contributed by atoms with van der Waals surface area (Å²) >= 11 is 7.92. The molecule has 0 saturated carbocycles. The van der Waals surface area contributed by atoms with Gasteiger partial charge in [0, 0.05) is 31.7 Å². The van der Waals surface area contributed by atoms with Crippen molar-refractivity contribution in [1.29, 1.82) is 0 Å². The van der Waals surface area contributed by atoms with Crippen molar-refractivity contribution < 1.29 is 4.79 Å². The highest BCUT2D eigenvalue weighted by Crippen LogP contribution is 2.33. The Hall–Kier alpha value is -2.63. The summed E-state index contributed by atoms with van der Waals surface area (Å²) in [6.45, 7) is 2.92. The third-order valence-corrected chi connectivity index (χ3v) is 6.60. The van der Waals surface area contributed by atoms with Gasteiger partial charge in [0.15, 0.2) is 5.13 Å². The van der Waals surface area contributed by atoms with E-state index in [1.165, 1.54) is 0 Å². The van der Waals surface area contributed by atoms with Gasteiger partial charge < -0.3 is 9.80 Å². The topological polar surface area (TPSA) is 36.4 Å². The number of benzene rings is 3. The number of aromatic nitrogens is 1. The maximum atomic E-state index is 13.1. The van der Waals surface area contributed by atoms with Gasteiger partial charge in [-0.05, 0) is 29.0 Å². The zero-order chi connectivity index (χ0) is 19.1. The van der Waals surface area contributed by atoms with Gasteiger partial charge in [0.1, 0.15) is 5.52 Å². The quantitative estimate of drug-likeness (QED) is 0.465. The fraction of sp³-hybridized carbons (Fsp3) is 0.182. The average molecular weight is 408 g/mol. The number of hydrogen-bond acceptors (Lipinski definition) is 4. The molecule has 1 aliphatic heterocycles. The number of fused-ring (bicyclic) bond motifs is 2. The molecule has 6 heteroatoms. The number of carbonyl (C=O) groups is 1. The third kappa shape index (κ3) is 3.01. The van der Waals surface area contributed by atoms with Gasteiger partial charge in [0.05, 0.1) is 9.72 Å². The van der Waals surface area contributed by atoms with Crippen molar-refractivity contribution in [2.45, 2.75) is 0 Å². The van der Waals surface area contributed by atoms with Crippen molar-refractivity contribution in [3.8, 4) is 0 Å². The molecule has 5 rings (SSSR count). The molecule has 4 aromatic rings. The minimum atomic E-state index is 0.101. The summed E-state index contributed by atoms with van der Waals surface area (Å²) in [5, 5.41) is 3.77. The van der Waals surface area contributed by atoms with Crippen LogP contribution in [0.4, 0.5) is 5.13 Å². The first kappa shape index (κ1) is 17.5. The number of rotatable bonds is 2. The van der Waals surface area contributed by atoms with E-state index in [1.807, 2.05) is 65.6 Å². The molecule has 0 bridgehead atoms. The summed E-state index contributed by atoms with van der Waals surface area (Å²) in [4.78, 5) is 22.0. The van der Waals surface area contributed by atoms with Gasteiger partial charge in [0.2, 0.25) is 0 Å². The van der Waals surface area contributed by atoms with E-state index in [0.29, 0.717) is 18.1 Å². The van der Waals surface area contributed by atoms with Crippen LogP contribution in [-0.4, -0.2) is 42.0 Å². The number of anilines is 1. The van der Waals surface area contributed by atoms with Crippen LogP contribution in [0, 0.1) is 0 Å². The lowest BCUT2D eigenvalue weighted by molar-refractivity contribution is 0.0749. The van der Waals surface area contributed by atoms with E-state index in [2.05, 4.69) is 4.90 Å². The van der Waals surface area contributed by atoms with E-state index in [9.17, 15) is 4.79 Å². The molecule has 28 heavy (non-hydrogen) atoms. The predicted octanol–water partition coefficient (Wildman–Crippen LogP) is 5.07. The Kier molecular flexibility index (Phi) is 4.41. The van der Waals surface area contributed by atoms with Crippen molar-refractivity contribution in [2.75, 3.05) is 31.1 Å². The first-order chi connectivity index (χ1) is 13.7. The van der Waals surface area contributed by atoms with E-state index < -0.39 is 0 Å². The number of nitrogens with zero attached hydrogens (tertiary/aromatic N) is 3. The minimum absolute atomic E-state index is 0.101. The standard InChI is InChI=1S/C22H18ClN3OS/c23-18-9-4-10-19-20(18)24-22(28-19)26-13-11-25(12-14-26)21(27)17-8-3-6-15-5-1-2-7-16(15)17/h1-10H,11-14H2. The van der Waals surface area contributed by atoms with Crippen LogP contribution < -0.4 is 4.90 Å². The smallest absolute Gasteiger partial charge is 0.254 e. The van der Waals surface area contributed by atoms with Crippen LogP contribution in [0.2, 0.25) is 5.02 Å². The molecule has 0 atom stereocenters. The Bertz CT molecular complexity index is 1180. The SMILES string of the molecule is O=C(c1cccc2ccccc12)N1CCN(c2nc3c(Cl)cccc3s2)CC1. The van der Waals surface area contributed by atoms with Gasteiger partial charge in [-0.25, -0.2) is 4.98 Å². The highest BCUT2D eigenvalue weighted by Gasteiger charge is 2.25. The van der Waals surface area contributed by atoms with Crippen LogP contribution in [0.1, 0.15) is 10.4 Å². The Morgan fingerprint density at radius 2 is 1.68 bits per heavy atom. The molecule has 0 N–H and O–H groups in total. The number of piperazine rings is 1. The minimum Gasteiger partial charge on any atom is -0.345 e. The Morgan fingerprint density at radius 1 is 0.929 bits per heavy atom. The van der Waals surface area contributed by atoms with Crippen LogP contribution in [-0.2, 0) is 0 Å². The summed E-state index contributed by atoms with van der Waals surface area (Å²) in [6, 6.07) is 19.8. The summed E-state index contributed by atoms with van der Waals surface area (Å²) < 4.78 is 1.09. The number of para-hydroxylation sites is 1. The molecule has 1 saturated heterocycles. The van der Waals surface area contributed by atoms with Gasteiger partial charge in [-0.2, -0.15) is 0 Å². The lowest BCUT2D eigenvalue weighted by atomic mass is 10.0. The summed E-state index contributed by atoms with van der Waals surface area (Å²) in [5.74, 6) is 0.101. The molecular formula is C22H18ClN3OS. The summed E-state index contributed by atoms with van der Waals surface area (Å²) in [6.07, 6.45) is 0. The van der Waals surface area contributed by atoms with E-state index in [1.54, 1.807) is 11.3 Å². The maximum Gasteiger partial charge on any atom is 0.254 e. The number of carbonyl (C=O) groups excluding carboxylic acids is 1. The van der Waals surface area contributed by atoms with Gasteiger partial charge in [-0.15, -0.1) is 0 Å². The van der Waals surface area contributed by atoms with Crippen molar-refractivity contribution >= 4 is 55.0 Å². The Morgan fingerprint density at radius 3 is 2.50 bits per heavy atom. The van der Waals surface area contributed by atoms with Crippen LogP contribution in [0.3, 0.4) is 0 Å². The fourth-order valence-corrected chi connectivity index (χ4v) is 5.04. The number of thiazole rings is 1. The fourth-order valence-electron chi connectivity index (χ4n) is 3.72. The number of amides is 1. The molecule has 1 fully saturated rings. The summed E-state index contributed by atoms with van der Waals surface area (Å²) in [5.41, 5.74) is 1.64. The molecular weight excluding hydrogens is 390 g/mol. The lowest BCUT2D eigenvalue weighted by Gasteiger charge is -2.34. The van der Waals surface area contributed by atoms with Gasteiger partial charge >= 0.3 is 0 Å². The Balaban J connectivity index is 1.35. The molecule has 4 nitrogen and oxygen atoms in total. The zero-order valence-electron chi connectivity index (χ0n) is 15.1. The maximum absolute atomic E-state index is 13.1. The van der Waals surface area contributed by atoms with Crippen LogP contribution in [0.5, 0.6) is 0 Å². The van der Waals surface area contributed by atoms with E-state index in [0.717, 1.165) is 44.8 Å². The second-order valence-corrected chi connectivity index (χ2v) is 8.31. The molecule has 140 valence electrons. The van der Waals surface area contributed by atoms with E-state index in [-0.39, 0.29) is 5.91 Å². The van der Waals surface area contributed by atoms with Crippen molar-refractivity contribution in [3.63, 3.8) is 0 Å². The van der Waals surface area contributed by atoms with Gasteiger partial charge in [-0.3, -0.25) is 4.79 Å². The van der Waals surface area contributed by atoms with Crippen LogP contribution >= 0.6 is 22.9 Å². The number of halogens is 1. The lowest BCUT2D eigenvalue weighted by Crippen LogP contribution is -2.48. The first-order valence-corrected chi connectivity index (χ1v) is 10.5. The molecule has 1 aromatic heterocycles. The Labute approximate surface area is 172 Å². The molecule has 1 aliphatic rings. The molecule has 0 unspecified atom stereocenters. The zero-order valence-corrected chi connectivity index (χ0v) is 16.7. The molecule has 0 radical (unpaired) electrons. The van der Waals surface area contributed by atoms with Crippen molar-refractivity contribution in [3.05, 3.63) is 71.2 Å². The van der Waals surface area contributed by atoms with Gasteiger partial charge in [-0.1, -0.05) is 65.4 Å². The third-order valence-electron chi connectivity index (χ3n) is 5.22. The normalized spacial score (nSPS) is 14.8. The van der Waals surface area contributed by atoms with Crippen LogP contribution in [0.15, 0.2) is 60.7 Å². The van der Waals surface area contributed by atoms with E-state index >= 15 is 0 Å². The second kappa shape index (κ2) is 7.08.